The lowest BCUT2D eigenvalue weighted by molar-refractivity contribution is 0.0696. The fraction of sp³-hybridized carbons (Fsp3) is 0.462. The van der Waals surface area contributed by atoms with Crippen LogP contribution in [0.2, 0.25) is 0 Å². The van der Waals surface area contributed by atoms with Gasteiger partial charge in [-0.2, -0.15) is 0 Å². The third-order valence-electron chi connectivity index (χ3n) is 3.30. The average molecular weight is 279 g/mol. The van der Waals surface area contributed by atoms with Gasteiger partial charge in [-0.1, -0.05) is 0 Å². The molecular weight excluding hydrogens is 262 g/mol. The molecule has 2 heterocycles. The van der Waals surface area contributed by atoms with Crippen LogP contribution in [-0.2, 0) is 4.74 Å². The Hall–Kier alpha value is -2.15. The van der Waals surface area contributed by atoms with E-state index in [9.17, 15) is 9.59 Å². The van der Waals surface area contributed by atoms with Gasteiger partial charge in [0.25, 0.3) is 0 Å². The largest absolute Gasteiger partial charge is 0.478 e. The van der Waals surface area contributed by atoms with E-state index in [-0.39, 0.29) is 17.7 Å². The summed E-state index contributed by atoms with van der Waals surface area (Å²) in [5, 5.41) is 14.1. The first-order chi connectivity index (χ1) is 9.56. The molecule has 7 nitrogen and oxygen atoms in total. The molecule has 7 heteroatoms. The number of nitrogens with one attached hydrogen (secondary N) is 2. The van der Waals surface area contributed by atoms with E-state index in [1.807, 2.05) is 6.92 Å². The number of rotatable bonds is 4. The number of aromatic carboxylic acids is 1. The summed E-state index contributed by atoms with van der Waals surface area (Å²) in [5.41, 5.74) is 0.374. The van der Waals surface area contributed by atoms with Crippen LogP contribution in [-0.4, -0.2) is 41.3 Å². The second-order valence-corrected chi connectivity index (χ2v) is 4.73. The molecule has 0 bridgehead atoms. The molecule has 0 saturated carbocycles. The first kappa shape index (κ1) is 14.3. The number of amides is 2. The predicted molar refractivity (Wildman–Crippen MR) is 71.7 cm³/mol. The van der Waals surface area contributed by atoms with Crippen LogP contribution in [0.5, 0.6) is 0 Å². The first-order valence-electron chi connectivity index (χ1n) is 6.41. The Morgan fingerprint density at radius 3 is 2.95 bits per heavy atom. The lowest BCUT2D eigenvalue weighted by Gasteiger charge is -2.15. The second kappa shape index (κ2) is 6.33. The first-order valence-corrected chi connectivity index (χ1v) is 6.41. The zero-order chi connectivity index (χ0) is 14.5. The molecule has 1 fully saturated rings. The number of hydrogen-bond donors (Lipinski definition) is 3. The second-order valence-electron chi connectivity index (χ2n) is 4.73. The molecule has 20 heavy (non-hydrogen) atoms. The van der Waals surface area contributed by atoms with Crippen LogP contribution in [0.15, 0.2) is 18.5 Å². The Labute approximate surface area is 116 Å². The number of anilines is 1. The molecule has 0 spiro atoms. The van der Waals surface area contributed by atoms with Crippen molar-refractivity contribution in [2.45, 2.75) is 19.4 Å². The number of carbonyl (C=O) groups is 2. The van der Waals surface area contributed by atoms with Crippen LogP contribution in [0, 0.1) is 5.92 Å². The smallest absolute Gasteiger partial charge is 0.337 e. The summed E-state index contributed by atoms with van der Waals surface area (Å²) in [6, 6.07) is 0.976. The molecule has 108 valence electrons. The molecule has 1 aromatic heterocycles. The zero-order valence-electron chi connectivity index (χ0n) is 11.1. The van der Waals surface area contributed by atoms with E-state index in [1.54, 1.807) is 0 Å². The number of carboxylic acid groups (broad SMARTS) is 1. The summed E-state index contributed by atoms with van der Waals surface area (Å²) in [4.78, 5) is 26.3. The quantitative estimate of drug-likeness (QED) is 0.772. The summed E-state index contributed by atoms with van der Waals surface area (Å²) in [6.07, 6.45) is 3.70. The number of urea groups is 1. The molecule has 0 aliphatic carbocycles. The van der Waals surface area contributed by atoms with Crippen LogP contribution in [0.3, 0.4) is 0 Å². The van der Waals surface area contributed by atoms with Crippen LogP contribution >= 0.6 is 0 Å². The van der Waals surface area contributed by atoms with Crippen LogP contribution in [0.1, 0.15) is 23.7 Å². The van der Waals surface area contributed by atoms with Crippen molar-refractivity contribution in [3.63, 3.8) is 0 Å². The van der Waals surface area contributed by atoms with Crippen LogP contribution < -0.4 is 10.6 Å². The van der Waals surface area contributed by atoms with E-state index < -0.39 is 5.97 Å². The van der Waals surface area contributed by atoms with Gasteiger partial charge in [-0.05, 0) is 19.4 Å². The van der Waals surface area contributed by atoms with Gasteiger partial charge < -0.3 is 20.5 Å². The molecular formula is C13H17N3O4. The lowest BCUT2D eigenvalue weighted by atomic mass is 10.0. The molecule has 1 saturated heterocycles. The maximum Gasteiger partial charge on any atom is 0.337 e. The van der Waals surface area contributed by atoms with E-state index in [0.717, 1.165) is 13.0 Å². The number of carbonyl (C=O) groups excluding carboxylic acids is 1. The van der Waals surface area contributed by atoms with Gasteiger partial charge in [0.1, 0.15) is 0 Å². The minimum absolute atomic E-state index is 0.0283. The maximum absolute atomic E-state index is 11.7. The monoisotopic (exact) mass is 279 g/mol. The molecule has 2 unspecified atom stereocenters. The number of carboxylic acids is 1. The zero-order valence-corrected chi connectivity index (χ0v) is 11.1. The molecule has 0 radical (unpaired) electrons. The maximum atomic E-state index is 11.7. The van der Waals surface area contributed by atoms with Gasteiger partial charge >= 0.3 is 12.0 Å². The lowest BCUT2D eigenvalue weighted by Crippen LogP contribution is -2.35. The van der Waals surface area contributed by atoms with Gasteiger partial charge in [-0.3, -0.25) is 4.98 Å². The van der Waals surface area contributed by atoms with E-state index >= 15 is 0 Å². The van der Waals surface area contributed by atoms with Crippen molar-refractivity contribution in [3.05, 3.63) is 24.0 Å². The summed E-state index contributed by atoms with van der Waals surface area (Å²) in [7, 11) is 0. The number of hydrogen-bond acceptors (Lipinski definition) is 4. The van der Waals surface area contributed by atoms with Crippen LogP contribution in [0.4, 0.5) is 10.5 Å². The Kier molecular flexibility index (Phi) is 4.52. The highest BCUT2D eigenvalue weighted by molar-refractivity contribution is 5.92. The number of aromatic nitrogens is 1. The van der Waals surface area contributed by atoms with E-state index in [1.165, 1.54) is 18.5 Å². The molecule has 2 rings (SSSR count). The molecule has 1 aliphatic heterocycles. The SMILES string of the molecule is CC1OCCC1CNC(=O)Nc1cncc(C(=O)O)c1. The van der Waals surface area contributed by atoms with Crippen molar-refractivity contribution in [3.8, 4) is 0 Å². The summed E-state index contributed by atoms with van der Waals surface area (Å²) in [5.74, 6) is -0.775. The Morgan fingerprint density at radius 2 is 2.30 bits per heavy atom. The Bertz CT molecular complexity index is 506. The highest BCUT2D eigenvalue weighted by Crippen LogP contribution is 2.19. The molecule has 2 atom stereocenters. The highest BCUT2D eigenvalue weighted by Gasteiger charge is 2.24. The van der Waals surface area contributed by atoms with Crippen molar-refractivity contribution in [2.24, 2.45) is 5.92 Å². The fourth-order valence-corrected chi connectivity index (χ4v) is 2.07. The van der Waals surface area contributed by atoms with Crippen molar-refractivity contribution < 1.29 is 19.4 Å². The van der Waals surface area contributed by atoms with Gasteiger partial charge in [0, 0.05) is 25.3 Å². The minimum Gasteiger partial charge on any atom is -0.478 e. The molecule has 1 aliphatic rings. The van der Waals surface area contributed by atoms with Crippen LogP contribution in [0.25, 0.3) is 0 Å². The number of nitrogens with zero attached hydrogens (tertiary/aromatic N) is 1. The third kappa shape index (κ3) is 3.67. The topological polar surface area (TPSA) is 101 Å². The molecule has 2 amide bonds. The summed E-state index contributed by atoms with van der Waals surface area (Å²) in [6.45, 7) is 3.23. The van der Waals surface area contributed by atoms with Gasteiger partial charge in [0.05, 0.1) is 23.6 Å². The average Bonchev–Trinajstić information content (AvgIpc) is 2.82. The Balaban J connectivity index is 1.85. The van der Waals surface area contributed by atoms with Gasteiger partial charge in [-0.15, -0.1) is 0 Å². The van der Waals surface area contributed by atoms with Gasteiger partial charge in [0.15, 0.2) is 0 Å². The van der Waals surface area contributed by atoms with E-state index in [4.69, 9.17) is 9.84 Å². The van der Waals surface area contributed by atoms with Gasteiger partial charge in [0.2, 0.25) is 0 Å². The van der Waals surface area contributed by atoms with Crippen molar-refractivity contribution in [2.75, 3.05) is 18.5 Å². The number of ether oxygens (including phenoxy) is 1. The molecule has 3 N–H and O–H groups in total. The Morgan fingerprint density at radius 1 is 1.50 bits per heavy atom. The normalized spacial score (nSPS) is 21.4. The standard InChI is InChI=1S/C13H17N3O4/c1-8-9(2-3-20-8)6-15-13(19)16-11-4-10(12(17)18)5-14-7-11/h4-5,7-9H,2-3,6H2,1H3,(H,17,18)(H2,15,16,19). The van der Waals surface area contributed by atoms with E-state index in [0.29, 0.717) is 18.2 Å². The molecule has 1 aromatic rings. The van der Waals surface area contributed by atoms with Crippen molar-refractivity contribution in [1.82, 2.24) is 10.3 Å². The van der Waals surface area contributed by atoms with Crippen molar-refractivity contribution in [1.29, 1.82) is 0 Å². The third-order valence-corrected chi connectivity index (χ3v) is 3.30. The summed E-state index contributed by atoms with van der Waals surface area (Å²) >= 11 is 0. The minimum atomic E-state index is -1.08. The number of pyridine rings is 1. The highest BCUT2D eigenvalue weighted by atomic mass is 16.5. The van der Waals surface area contributed by atoms with Gasteiger partial charge in [-0.25, -0.2) is 9.59 Å². The van der Waals surface area contributed by atoms with Crippen molar-refractivity contribution >= 4 is 17.7 Å². The summed E-state index contributed by atoms with van der Waals surface area (Å²) < 4.78 is 5.41. The fourth-order valence-electron chi connectivity index (χ4n) is 2.07. The molecule has 0 aromatic carbocycles. The predicted octanol–water partition coefficient (Wildman–Crippen LogP) is 1.33. The van der Waals surface area contributed by atoms with E-state index in [2.05, 4.69) is 15.6 Å².